The fraction of sp³-hybridized carbons (Fsp3) is 0.263. The summed E-state index contributed by atoms with van der Waals surface area (Å²) in [4.78, 5) is 26.1. The van der Waals surface area contributed by atoms with E-state index in [0.717, 1.165) is 4.31 Å². The summed E-state index contributed by atoms with van der Waals surface area (Å²) in [6.45, 7) is -0.609. The van der Waals surface area contributed by atoms with Crippen molar-refractivity contribution in [2.24, 2.45) is 0 Å². The maximum absolute atomic E-state index is 13.0. The number of methoxy groups -OCH3 is 1. The van der Waals surface area contributed by atoms with Crippen LogP contribution in [0.15, 0.2) is 47.4 Å². The van der Waals surface area contributed by atoms with Gasteiger partial charge in [0.05, 0.1) is 30.9 Å². The maximum atomic E-state index is 13.0. The van der Waals surface area contributed by atoms with E-state index in [2.05, 4.69) is 0 Å². The molecule has 1 atom stereocenters. The fourth-order valence-electron chi connectivity index (χ4n) is 2.93. The van der Waals surface area contributed by atoms with Gasteiger partial charge in [-0.05, 0) is 30.3 Å². The van der Waals surface area contributed by atoms with Crippen molar-refractivity contribution >= 4 is 50.8 Å². The van der Waals surface area contributed by atoms with Gasteiger partial charge in [-0.1, -0.05) is 35.3 Å². The van der Waals surface area contributed by atoms with E-state index < -0.39 is 34.5 Å². The third-order valence-corrected chi connectivity index (χ3v) is 7.00. The first-order chi connectivity index (χ1) is 14.1. The Kier molecular flexibility index (Phi) is 6.56. The second-order valence-electron chi connectivity index (χ2n) is 6.44. The lowest BCUT2D eigenvalue weighted by Crippen LogP contribution is -2.50. The van der Waals surface area contributed by atoms with Crippen LogP contribution in [0.3, 0.4) is 0 Å². The van der Waals surface area contributed by atoms with Crippen LogP contribution in [-0.2, 0) is 24.3 Å². The molecule has 0 N–H and O–H groups in total. The highest BCUT2D eigenvalue weighted by Gasteiger charge is 2.36. The molecule has 0 radical (unpaired) electrons. The number of rotatable bonds is 5. The number of benzene rings is 2. The van der Waals surface area contributed by atoms with Gasteiger partial charge in [0.2, 0.25) is 22.0 Å². The number of nitrogens with zero attached hydrogens (tertiary/aromatic N) is 2. The maximum Gasteiger partial charge on any atom is 0.348 e. The van der Waals surface area contributed by atoms with Crippen molar-refractivity contribution in [3.63, 3.8) is 0 Å². The smallest absolute Gasteiger partial charge is 0.348 e. The van der Waals surface area contributed by atoms with E-state index in [1.807, 2.05) is 0 Å². The standard InChI is InChI=1S/C19H18Cl2N2O6S/c1-22(30(26,27)17-9-12(20)7-8-13(17)21)11-18(24)23-10-16(19(25)28-2)29-15-6-4-3-5-14(15)23/h3-9,16H,10-11H2,1-2H3/t16-/m1/s1. The Balaban J connectivity index is 1.87. The van der Waals surface area contributed by atoms with E-state index in [1.54, 1.807) is 24.3 Å². The molecule has 3 rings (SSSR count). The van der Waals surface area contributed by atoms with Gasteiger partial charge in [-0.25, -0.2) is 13.2 Å². The largest absolute Gasteiger partial charge is 0.475 e. The van der Waals surface area contributed by atoms with Gasteiger partial charge in [-0.15, -0.1) is 0 Å². The van der Waals surface area contributed by atoms with Crippen LogP contribution in [0.5, 0.6) is 5.75 Å². The van der Waals surface area contributed by atoms with Gasteiger partial charge in [0.15, 0.2) is 0 Å². The normalized spacial score (nSPS) is 16.0. The van der Waals surface area contributed by atoms with E-state index in [9.17, 15) is 18.0 Å². The molecule has 0 spiro atoms. The third kappa shape index (κ3) is 4.39. The molecule has 0 aromatic heterocycles. The van der Waals surface area contributed by atoms with Crippen LogP contribution in [0.1, 0.15) is 0 Å². The Bertz CT molecular complexity index is 1090. The molecule has 0 unspecified atom stereocenters. The number of carbonyl (C=O) groups is 2. The molecule has 2 aromatic rings. The molecule has 0 saturated carbocycles. The Morgan fingerprint density at radius 1 is 1.23 bits per heavy atom. The number of ether oxygens (including phenoxy) is 2. The Hall–Kier alpha value is -2.33. The second kappa shape index (κ2) is 8.81. The average Bonchev–Trinajstić information content (AvgIpc) is 2.73. The summed E-state index contributed by atoms with van der Waals surface area (Å²) in [7, 11) is -1.62. The van der Waals surface area contributed by atoms with Crippen LogP contribution < -0.4 is 9.64 Å². The van der Waals surface area contributed by atoms with E-state index in [4.69, 9.17) is 32.7 Å². The highest BCUT2D eigenvalue weighted by molar-refractivity contribution is 7.89. The third-order valence-electron chi connectivity index (χ3n) is 4.48. The number of hydrogen-bond acceptors (Lipinski definition) is 6. The quantitative estimate of drug-likeness (QED) is 0.620. The molecule has 1 amide bonds. The topological polar surface area (TPSA) is 93.2 Å². The molecule has 160 valence electrons. The highest BCUT2D eigenvalue weighted by atomic mass is 35.5. The van der Waals surface area contributed by atoms with E-state index in [0.29, 0.717) is 11.4 Å². The fourth-order valence-corrected chi connectivity index (χ4v) is 4.78. The zero-order valence-corrected chi connectivity index (χ0v) is 18.4. The molecular formula is C19H18Cl2N2O6S. The van der Waals surface area contributed by atoms with Crippen molar-refractivity contribution in [2.75, 3.05) is 32.1 Å². The van der Waals surface area contributed by atoms with Gasteiger partial charge in [-0.3, -0.25) is 4.79 Å². The number of fused-ring (bicyclic) bond motifs is 1. The number of hydrogen-bond donors (Lipinski definition) is 0. The van der Waals surface area contributed by atoms with Gasteiger partial charge >= 0.3 is 5.97 Å². The molecule has 8 nitrogen and oxygen atoms in total. The molecule has 0 saturated heterocycles. The van der Waals surface area contributed by atoms with Gasteiger partial charge in [0, 0.05) is 12.1 Å². The zero-order chi connectivity index (χ0) is 22.1. The summed E-state index contributed by atoms with van der Waals surface area (Å²) in [5, 5.41) is 0.182. The van der Waals surface area contributed by atoms with Crippen molar-refractivity contribution in [1.82, 2.24) is 4.31 Å². The lowest BCUT2D eigenvalue weighted by Gasteiger charge is -2.34. The number of esters is 1. The highest BCUT2D eigenvalue weighted by Crippen LogP contribution is 2.34. The van der Waals surface area contributed by atoms with Crippen molar-refractivity contribution in [3.8, 4) is 5.75 Å². The summed E-state index contributed by atoms with van der Waals surface area (Å²) < 4.78 is 37.0. The van der Waals surface area contributed by atoms with Crippen molar-refractivity contribution < 1.29 is 27.5 Å². The number of para-hydroxylation sites is 2. The second-order valence-corrected chi connectivity index (χ2v) is 9.29. The molecule has 1 heterocycles. The SMILES string of the molecule is COC(=O)[C@H]1CN(C(=O)CN(C)S(=O)(=O)c2cc(Cl)ccc2Cl)c2ccccc2O1. The van der Waals surface area contributed by atoms with Gasteiger partial charge in [0.25, 0.3) is 0 Å². The van der Waals surface area contributed by atoms with E-state index in [1.165, 1.54) is 37.3 Å². The first-order valence-electron chi connectivity index (χ1n) is 8.70. The molecule has 11 heteroatoms. The Morgan fingerprint density at radius 3 is 2.63 bits per heavy atom. The minimum absolute atomic E-state index is 0.0128. The zero-order valence-electron chi connectivity index (χ0n) is 16.0. The van der Waals surface area contributed by atoms with Crippen molar-refractivity contribution in [3.05, 3.63) is 52.5 Å². The van der Waals surface area contributed by atoms with E-state index in [-0.39, 0.29) is 21.5 Å². The lowest BCUT2D eigenvalue weighted by atomic mass is 10.2. The Morgan fingerprint density at radius 2 is 1.93 bits per heavy atom. The van der Waals surface area contributed by atoms with Crippen LogP contribution in [-0.4, -0.2) is 58.0 Å². The summed E-state index contributed by atoms with van der Waals surface area (Å²) in [6, 6.07) is 10.7. The summed E-state index contributed by atoms with van der Waals surface area (Å²) >= 11 is 11.9. The van der Waals surface area contributed by atoms with Crippen LogP contribution in [0.25, 0.3) is 0 Å². The van der Waals surface area contributed by atoms with Gasteiger partial charge < -0.3 is 14.4 Å². The average molecular weight is 473 g/mol. The van der Waals surface area contributed by atoms with Crippen LogP contribution in [0, 0.1) is 0 Å². The minimum atomic E-state index is -4.09. The number of halogens is 2. The summed E-state index contributed by atoms with van der Waals surface area (Å²) in [5.41, 5.74) is 0.425. The Labute approximate surface area is 183 Å². The molecule has 0 fully saturated rings. The summed E-state index contributed by atoms with van der Waals surface area (Å²) in [6.07, 6.45) is -1.03. The van der Waals surface area contributed by atoms with Crippen LogP contribution in [0.4, 0.5) is 5.69 Å². The lowest BCUT2D eigenvalue weighted by molar-refractivity contribution is -0.148. The molecule has 1 aliphatic heterocycles. The van der Waals surface area contributed by atoms with E-state index >= 15 is 0 Å². The first kappa shape index (κ1) is 22.4. The molecule has 0 aliphatic carbocycles. The molecule has 1 aliphatic rings. The number of anilines is 1. The number of amides is 1. The van der Waals surface area contributed by atoms with Crippen molar-refractivity contribution in [1.29, 1.82) is 0 Å². The molecular weight excluding hydrogens is 455 g/mol. The number of likely N-dealkylation sites (N-methyl/N-ethyl adjacent to an activating group) is 1. The molecule has 0 bridgehead atoms. The minimum Gasteiger partial charge on any atom is -0.475 e. The number of carbonyl (C=O) groups excluding carboxylic acids is 2. The summed E-state index contributed by atoms with van der Waals surface area (Å²) in [5.74, 6) is -0.881. The predicted molar refractivity (Wildman–Crippen MR) is 112 cm³/mol. The van der Waals surface area contributed by atoms with Crippen molar-refractivity contribution in [2.45, 2.75) is 11.0 Å². The molecule has 2 aromatic carbocycles. The monoisotopic (exact) mass is 472 g/mol. The predicted octanol–water partition coefficient (Wildman–Crippen LogP) is 2.58. The van der Waals surface area contributed by atoms with Gasteiger partial charge in [-0.2, -0.15) is 4.31 Å². The van der Waals surface area contributed by atoms with Crippen LogP contribution in [0.2, 0.25) is 10.0 Å². The van der Waals surface area contributed by atoms with Gasteiger partial charge in [0.1, 0.15) is 10.6 Å². The van der Waals surface area contributed by atoms with Crippen LogP contribution >= 0.6 is 23.2 Å². The number of sulfonamides is 1. The first-order valence-corrected chi connectivity index (χ1v) is 10.9. The molecule has 30 heavy (non-hydrogen) atoms.